The molecule has 0 saturated carbocycles. The number of hydrogen-bond acceptors (Lipinski definition) is 2. The Morgan fingerprint density at radius 3 is 2.38 bits per heavy atom. The van der Waals surface area contributed by atoms with Gasteiger partial charge in [0.15, 0.2) is 0 Å². The van der Waals surface area contributed by atoms with Gasteiger partial charge in [0.1, 0.15) is 5.82 Å². The fourth-order valence-corrected chi connectivity index (χ4v) is 1.82. The topological polar surface area (TPSA) is 16.1 Å². The molecule has 16 heavy (non-hydrogen) atoms. The average molecular weight is 285 g/mol. The van der Waals surface area contributed by atoms with Crippen LogP contribution >= 0.6 is 15.9 Å². The quantitative estimate of drug-likeness (QED) is 0.784. The van der Waals surface area contributed by atoms with E-state index in [1.807, 2.05) is 6.20 Å². The molecule has 1 heterocycles. The minimum absolute atomic E-state index is 0.254. The van der Waals surface area contributed by atoms with Crippen molar-refractivity contribution in [2.24, 2.45) is 5.41 Å². The molecule has 0 aliphatic rings. The lowest BCUT2D eigenvalue weighted by Gasteiger charge is -2.36. The molecule has 1 unspecified atom stereocenters. The summed E-state index contributed by atoms with van der Waals surface area (Å²) in [5.41, 5.74) is 1.46. The number of aromatic nitrogens is 1. The third-order valence-electron chi connectivity index (χ3n) is 3.16. The largest absolute Gasteiger partial charge is 0.356 e. The smallest absolute Gasteiger partial charge is 0.128 e. The Bertz CT molecular complexity index is 327. The predicted molar refractivity (Wildman–Crippen MR) is 74.2 cm³/mol. The van der Waals surface area contributed by atoms with Gasteiger partial charge in [-0.05, 0) is 24.0 Å². The summed E-state index contributed by atoms with van der Waals surface area (Å²) in [5.74, 6) is 1.03. The van der Waals surface area contributed by atoms with E-state index in [4.69, 9.17) is 0 Å². The minimum atomic E-state index is 0.254. The Kier molecular flexibility index (Phi) is 4.36. The molecule has 0 bridgehead atoms. The van der Waals surface area contributed by atoms with Crippen LogP contribution in [0.5, 0.6) is 0 Å². The van der Waals surface area contributed by atoms with Crippen LogP contribution in [0.25, 0.3) is 0 Å². The summed E-state index contributed by atoms with van der Waals surface area (Å²) in [6, 6.07) is 4.65. The van der Waals surface area contributed by atoms with Crippen molar-refractivity contribution in [2.75, 3.05) is 11.9 Å². The molecule has 1 aromatic rings. The van der Waals surface area contributed by atoms with E-state index in [1.54, 1.807) is 0 Å². The maximum Gasteiger partial charge on any atom is 0.128 e. The summed E-state index contributed by atoms with van der Waals surface area (Å²) in [6.45, 7) is 8.99. The maximum atomic E-state index is 4.48. The first kappa shape index (κ1) is 13.5. The van der Waals surface area contributed by atoms with Gasteiger partial charge in [0.25, 0.3) is 0 Å². The molecule has 0 radical (unpaired) electrons. The first-order valence-corrected chi connectivity index (χ1v) is 6.72. The summed E-state index contributed by atoms with van der Waals surface area (Å²) in [5, 5.41) is 0.860. The highest BCUT2D eigenvalue weighted by Gasteiger charge is 2.24. The molecular weight excluding hydrogens is 264 g/mol. The standard InChI is InChI=1S/C13H21BrN2/c1-10(13(2,3)4)16(5)12-7-6-11(8-14)9-15-12/h6-7,9-10H,8H2,1-5H3. The third kappa shape index (κ3) is 3.21. The van der Waals surface area contributed by atoms with Gasteiger partial charge < -0.3 is 4.90 Å². The molecule has 0 fully saturated rings. The number of pyridine rings is 1. The van der Waals surface area contributed by atoms with E-state index < -0.39 is 0 Å². The molecule has 90 valence electrons. The van der Waals surface area contributed by atoms with E-state index in [0.717, 1.165) is 11.1 Å². The molecule has 0 saturated heterocycles. The fraction of sp³-hybridized carbons (Fsp3) is 0.615. The average Bonchev–Trinajstić information content (AvgIpc) is 2.26. The first-order chi connectivity index (χ1) is 7.36. The number of halogens is 1. The molecular formula is C13H21BrN2. The van der Waals surface area contributed by atoms with Crippen LogP contribution in [0.1, 0.15) is 33.3 Å². The lowest BCUT2D eigenvalue weighted by atomic mass is 9.87. The van der Waals surface area contributed by atoms with Crippen molar-refractivity contribution in [2.45, 2.75) is 39.1 Å². The van der Waals surface area contributed by atoms with Crippen LogP contribution < -0.4 is 4.90 Å². The summed E-state index contributed by atoms with van der Waals surface area (Å²) >= 11 is 3.43. The second-order valence-corrected chi connectivity index (χ2v) is 5.87. The SMILES string of the molecule is CC(N(C)c1ccc(CBr)cn1)C(C)(C)C. The van der Waals surface area contributed by atoms with Crippen molar-refractivity contribution < 1.29 is 0 Å². The van der Waals surface area contributed by atoms with Crippen molar-refractivity contribution in [3.05, 3.63) is 23.9 Å². The van der Waals surface area contributed by atoms with Gasteiger partial charge in [-0.25, -0.2) is 4.98 Å². The van der Waals surface area contributed by atoms with E-state index in [-0.39, 0.29) is 5.41 Å². The number of hydrogen-bond donors (Lipinski definition) is 0. The highest BCUT2D eigenvalue weighted by Crippen LogP contribution is 2.26. The molecule has 2 nitrogen and oxygen atoms in total. The monoisotopic (exact) mass is 284 g/mol. The number of alkyl halides is 1. The summed E-state index contributed by atoms with van der Waals surface area (Å²) in [6.07, 6.45) is 1.93. The van der Waals surface area contributed by atoms with Crippen LogP contribution in [-0.4, -0.2) is 18.1 Å². The lowest BCUT2D eigenvalue weighted by Crippen LogP contribution is -2.39. The van der Waals surface area contributed by atoms with Crippen LogP contribution in [-0.2, 0) is 5.33 Å². The summed E-state index contributed by atoms with van der Waals surface area (Å²) < 4.78 is 0. The number of rotatable bonds is 3. The zero-order valence-corrected chi connectivity index (χ0v) is 12.4. The van der Waals surface area contributed by atoms with Crippen molar-refractivity contribution >= 4 is 21.7 Å². The molecule has 1 rings (SSSR count). The summed E-state index contributed by atoms with van der Waals surface area (Å²) in [7, 11) is 2.10. The molecule has 1 aromatic heterocycles. The Labute approximate surface area is 107 Å². The van der Waals surface area contributed by atoms with Gasteiger partial charge in [0.05, 0.1) is 0 Å². The minimum Gasteiger partial charge on any atom is -0.356 e. The molecule has 0 N–H and O–H groups in total. The molecule has 3 heteroatoms. The van der Waals surface area contributed by atoms with Crippen molar-refractivity contribution in [1.82, 2.24) is 4.98 Å². The van der Waals surface area contributed by atoms with E-state index in [0.29, 0.717) is 6.04 Å². The Balaban J connectivity index is 2.84. The van der Waals surface area contributed by atoms with Crippen LogP contribution in [0.4, 0.5) is 5.82 Å². The zero-order valence-electron chi connectivity index (χ0n) is 10.8. The van der Waals surface area contributed by atoms with Crippen molar-refractivity contribution in [1.29, 1.82) is 0 Å². The Hall–Kier alpha value is -0.570. The number of nitrogens with zero attached hydrogens (tertiary/aromatic N) is 2. The van der Waals surface area contributed by atoms with E-state index in [2.05, 4.69) is 72.7 Å². The van der Waals surface area contributed by atoms with E-state index >= 15 is 0 Å². The lowest BCUT2D eigenvalue weighted by molar-refractivity contribution is 0.328. The van der Waals surface area contributed by atoms with Gasteiger partial charge in [-0.3, -0.25) is 0 Å². The second-order valence-electron chi connectivity index (χ2n) is 5.31. The van der Waals surface area contributed by atoms with Crippen molar-refractivity contribution in [3.8, 4) is 0 Å². The molecule has 0 spiro atoms. The molecule has 0 aliphatic heterocycles. The van der Waals surface area contributed by atoms with Gasteiger partial charge in [-0.15, -0.1) is 0 Å². The van der Waals surface area contributed by atoms with E-state index in [9.17, 15) is 0 Å². The normalized spacial score (nSPS) is 13.6. The maximum absolute atomic E-state index is 4.48. The van der Waals surface area contributed by atoms with Gasteiger partial charge >= 0.3 is 0 Å². The Morgan fingerprint density at radius 1 is 1.38 bits per heavy atom. The van der Waals surface area contributed by atoms with Crippen LogP contribution in [0.3, 0.4) is 0 Å². The fourth-order valence-electron chi connectivity index (χ4n) is 1.48. The van der Waals surface area contributed by atoms with Gasteiger partial charge in [-0.2, -0.15) is 0 Å². The molecule has 0 amide bonds. The van der Waals surface area contributed by atoms with Gasteiger partial charge in [0.2, 0.25) is 0 Å². The zero-order chi connectivity index (χ0) is 12.3. The molecule has 1 atom stereocenters. The third-order valence-corrected chi connectivity index (χ3v) is 3.81. The second kappa shape index (κ2) is 5.17. The van der Waals surface area contributed by atoms with Crippen LogP contribution in [0.15, 0.2) is 18.3 Å². The van der Waals surface area contributed by atoms with Gasteiger partial charge in [-0.1, -0.05) is 42.8 Å². The predicted octanol–water partition coefficient (Wildman–Crippen LogP) is 3.85. The van der Waals surface area contributed by atoms with Gasteiger partial charge in [0, 0.05) is 24.6 Å². The van der Waals surface area contributed by atoms with Crippen molar-refractivity contribution in [3.63, 3.8) is 0 Å². The highest BCUT2D eigenvalue weighted by molar-refractivity contribution is 9.08. The Morgan fingerprint density at radius 2 is 2.00 bits per heavy atom. The van der Waals surface area contributed by atoms with E-state index in [1.165, 1.54) is 5.56 Å². The number of anilines is 1. The molecule has 0 aromatic carbocycles. The van der Waals surface area contributed by atoms with Crippen LogP contribution in [0.2, 0.25) is 0 Å². The first-order valence-electron chi connectivity index (χ1n) is 5.60. The summed E-state index contributed by atoms with van der Waals surface area (Å²) in [4.78, 5) is 6.71. The highest BCUT2D eigenvalue weighted by atomic mass is 79.9. The molecule has 0 aliphatic carbocycles. The van der Waals surface area contributed by atoms with Crippen LogP contribution in [0, 0.1) is 5.41 Å².